The van der Waals surface area contributed by atoms with Crippen molar-refractivity contribution in [3.05, 3.63) is 71.8 Å². The van der Waals surface area contributed by atoms with Gasteiger partial charge in [0, 0.05) is 5.54 Å². The normalized spacial score (nSPS) is 11.8. The van der Waals surface area contributed by atoms with Crippen molar-refractivity contribution in [3.8, 4) is 11.8 Å². The molecule has 2 rings (SSSR count). The Hall–Kier alpha value is -1.82. The first-order valence-corrected chi connectivity index (χ1v) is 8.27. The van der Waals surface area contributed by atoms with E-state index < -0.39 is 0 Å². The highest BCUT2D eigenvalue weighted by atomic mass is 28.2. The van der Waals surface area contributed by atoms with Crippen molar-refractivity contribution in [2.75, 3.05) is 0 Å². The summed E-state index contributed by atoms with van der Waals surface area (Å²) < 4.78 is 6.06. The Kier molecular flexibility index (Phi) is 6.27. The van der Waals surface area contributed by atoms with Crippen LogP contribution in [0.5, 0.6) is 0 Å². The quantitative estimate of drug-likeness (QED) is 0.572. The minimum Gasteiger partial charge on any atom is -0.403 e. The van der Waals surface area contributed by atoms with Crippen LogP contribution in [0.3, 0.4) is 0 Å². The van der Waals surface area contributed by atoms with E-state index >= 15 is 0 Å². The molecule has 2 radical (unpaired) electrons. The van der Waals surface area contributed by atoms with E-state index in [1.54, 1.807) is 0 Å². The van der Waals surface area contributed by atoms with E-state index in [1.165, 1.54) is 11.1 Å². The molecule has 0 heterocycles. The summed E-state index contributed by atoms with van der Waals surface area (Å²) in [5.74, 6) is 6.08. The van der Waals surface area contributed by atoms with E-state index in [9.17, 15) is 0 Å². The summed E-state index contributed by atoms with van der Waals surface area (Å²) >= 11 is 0. The Labute approximate surface area is 130 Å². The van der Waals surface area contributed by atoms with Crippen molar-refractivity contribution in [1.82, 2.24) is 0 Å². The Bertz CT molecular complexity index is 544. The van der Waals surface area contributed by atoms with Gasteiger partial charge in [-0.2, -0.15) is 0 Å². The molecule has 106 valence electrons. The van der Waals surface area contributed by atoms with Gasteiger partial charge >= 0.3 is 0 Å². The molecule has 0 saturated carbocycles. The van der Waals surface area contributed by atoms with Gasteiger partial charge in [0.15, 0.2) is 0 Å². The van der Waals surface area contributed by atoms with E-state index in [2.05, 4.69) is 67.3 Å². The zero-order valence-corrected chi connectivity index (χ0v) is 13.5. The Morgan fingerprint density at radius 1 is 0.952 bits per heavy atom. The van der Waals surface area contributed by atoms with Crippen LogP contribution in [0.25, 0.3) is 0 Å². The second-order valence-electron chi connectivity index (χ2n) is 4.78. The molecule has 21 heavy (non-hydrogen) atoms. The topological polar surface area (TPSA) is 9.23 Å². The summed E-state index contributed by atoms with van der Waals surface area (Å²) in [6.45, 7) is 3.97. The first kappa shape index (κ1) is 15.6. The van der Waals surface area contributed by atoms with Crippen molar-refractivity contribution in [1.29, 1.82) is 0 Å². The molecule has 0 aromatic heterocycles. The van der Waals surface area contributed by atoms with Crippen LogP contribution >= 0.6 is 0 Å². The van der Waals surface area contributed by atoms with Gasteiger partial charge in [-0.25, -0.2) is 0 Å². The monoisotopic (exact) mass is 292 g/mol. The van der Waals surface area contributed by atoms with Crippen molar-refractivity contribution in [2.45, 2.75) is 31.9 Å². The Morgan fingerprint density at radius 3 is 1.90 bits per heavy atom. The van der Waals surface area contributed by atoms with E-state index in [0.717, 1.165) is 6.42 Å². The van der Waals surface area contributed by atoms with Crippen molar-refractivity contribution >= 4 is 9.76 Å². The lowest BCUT2D eigenvalue weighted by atomic mass is 10.0. The van der Waals surface area contributed by atoms with Gasteiger partial charge in [0.2, 0.25) is 9.76 Å². The fraction of sp³-hybridized carbons (Fsp3) is 0.263. The van der Waals surface area contributed by atoms with Gasteiger partial charge in [-0.15, -0.1) is 5.92 Å². The predicted molar refractivity (Wildman–Crippen MR) is 89.1 cm³/mol. The lowest BCUT2D eigenvalue weighted by Crippen LogP contribution is -2.19. The van der Waals surface area contributed by atoms with Crippen LogP contribution in [-0.4, -0.2) is 15.9 Å². The second kappa shape index (κ2) is 8.46. The molecule has 0 fully saturated rings. The molecule has 0 amide bonds. The molecule has 2 heteroatoms. The molecular formula is C19H20OSi. The van der Waals surface area contributed by atoms with E-state index in [1.807, 2.05) is 19.1 Å². The highest BCUT2D eigenvalue weighted by Gasteiger charge is 2.18. The summed E-state index contributed by atoms with van der Waals surface area (Å²) in [4.78, 5) is 0. The highest BCUT2D eigenvalue weighted by molar-refractivity contribution is 6.31. The molecule has 0 bridgehead atoms. The summed E-state index contributed by atoms with van der Waals surface area (Å²) in [5.41, 5.74) is 2.86. The second-order valence-corrected chi connectivity index (χ2v) is 5.83. The van der Waals surface area contributed by atoms with Gasteiger partial charge in [0.05, 0.1) is 0 Å². The Morgan fingerprint density at radius 2 is 1.48 bits per heavy atom. The molecule has 1 atom stereocenters. The molecule has 0 aliphatic rings. The van der Waals surface area contributed by atoms with E-state index in [0.29, 0.717) is 9.76 Å². The number of rotatable bonds is 6. The first-order valence-electron chi connectivity index (χ1n) is 7.28. The van der Waals surface area contributed by atoms with E-state index in [4.69, 9.17) is 4.43 Å². The molecule has 0 aliphatic carbocycles. The largest absolute Gasteiger partial charge is 0.403 e. The lowest BCUT2D eigenvalue weighted by Gasteiger charge is -2.18. The van der Waals surface area contributed by atoms with E-state index in [-0.39, 0.29) is 11.6 Å². The van der Waals surface area contributed by atoms with Gasteiger partial charge in [-0.1, -0.05) is 73.5 Å². The van der Waals surface area contributed by atoms with Crippen LogP contribution in [-0.2, 0) is 4.43 Å². The zero-order chi connectivity index (χ0) is 14.9. The third-order valence-corrected chi connectivity index (χ3v) is 4.59. The molecule has 0 aliphatic heterocycles. The Balaban J connectivity index is 2.19. The number of hydrogen-bond donors (Lipinski definition) is 0. The van der Waals surface area contributed by atoms with Gasteiger partial charge in [0.1, 0.15) is 6.10 Å². The summed E-state index contributed by atoms with van der Waals surface area (Å²) in [5, 5.41) is 0. The maximum absolute atomic E-state index is 6.06. The number of hydrogen-bond acceptors (Lipinski definition) is 1. The van der Waals surface area contributed by atoms with Crippen LogP contribution in [0.4, 0.5) is 0 Å². The van der Waals surface area contributed by atoms with Crippen LogP contribution in [0.15, 0.2) is 60.7 Å². The summed E-state index contributed by atoms with van der Waals surface area (Å²) in [7, 11) is 0.373. The SMILES string of the molecule is CC#CC(CC)O[Si]C(c1ccccc1)c1ccccc1. The minimum absolute atomic E-state index is 0.0308. The van der Waals surface area contributed by atoms with Gasteiger partial charge in [-0.3, -0.25) is 0 Å². The minimum atomic E-state index is 0.0308. The summed E-state index contributed by atoms with van der Waals surface area (Å²) in [6, 6.07) is 21.1. The van der Waals surface area contributed by atoms with Crippen molar-refractivity contribution in [3.63, 3.8) is 0 Å². The summed E-state index contributed by atoms with van der Waals surface area (Å²) in [6.07, 6.45) is 0.952. The molecule has 2 aromatic rings. The van der Waals surface area contributed by atoms with Gasteiger partial charge in [-0.05, 0) is 24.5 Å². The average Bonchev–Trinajstić information content (AvgIpc) is 2.56. The fourth-order valence-corrected chi connectivity index (χ4v) is 3.33. The van der Waals surface area contributed by atoms with Crippen molar-refractivity contribution in [2.24, 2.45) is 0 Å². The fourth-order valence-electron chi connectivity index (χ4n) is 2.15. The maximum atomic E-state index is 6.06. The predicted octanol–water partition coefficient (Wildman–Crippen LogP) is 4.21. The maximum Gasteiger partial charge on any atom is 0.244 e. The molecule has 1 unspecified atom stereocenters. The lowest BCUT2D eigenvalue weighted by molar-refractivity contribution is 0.265. The van der Waals surface area contributed by atoms with Crippen LogP contribution in [0, 0.1) is 11.8 Å². The zero-order valence-electron chi connectivity index (χ0n) is 12.5. The average molecular weight is 292 g/mol. The highest BCUT2D eigenvalue weighted by Crippen LogP contribution is 2.24. The molecular weight excluding hydrogens is 272 g/mol. The molecule has 0 spiro atoms. The molecule has 2 aromatic carbocycles. The third kappa shape index (κ3) is 4.59. The third-order valence-electron chi connectivity index (χ3n) is 3.27. The smallest absolute Gasteiger partial charge is 0.244 e. The van der Waals surface area contributed by atoms with Crippen LogP contribution in [0.2, 0.25) is 0 Å². The van der Waals surface area contributed by atoms with Crippen molar-refractivity contribution < 1.29 is 4.43 Å². The van der Waals surface area contributed by atoms with Gasteiger partial charge < -0.3 is 4.43 Å². The first-order chi connectivity index (χ1) is 10.3. The standard InChI is InChI=1S/C19H20OSi/c1-3-11-18(4-2)20-21-19(16-12-7-5-8-13-16)17-14-9-6-10-15-17/h5-10,12-15,18-19H,4H2,1-2H3. The molecule has 0 saturated heterocycles. The molecule has 1 nitrogen and oxygen atoms in total. The van der Waals surface area contributed by atoms with Crippen LogP contribution in [0.1, 0.15) is 36.9 Å². The molecule has 0 N–H and O–H groups in total. The number of benzene rings is 2. The van der Waals surface area contributed by atoms with Gasteiger partial charge in [0.25, 0.3) is 0 Å². The van der Waals surface area contributed by atoms with Crippen LogP contribution < -0.4 is 0 Å².